The predicted octanol–water partition coefficient (Wildman–Crippen LogP) is 6.70. The molecule has 1 aromatic rings. The van der Waals surface area contributed by atoms with Crippen LogP contribution in [0.1, 0.15) is 96.0 Å². The van der Waals surface area contributed by atoms with E-state index in [1.165, 1.54) is 50.5 Å². The van der Waals surface area contributed by atoms with Crippen molar-refractivity contribution >= 4 is 11.6 Å². The van der Waals surface area contributed by atoms with Crippen LogP contribution >= 0.6 is 0 Å². The van der Waals surface area contributed by atoms with E-state index < -0.39 is 0 Å². The first-order valence-electron chi connectivity index (χ1n) is 11.3. The average Bonchev–Trinajstić information content (AvgIpc) is 2.70. The second kappa shape index (κ2) is 12.9. The lowest BCUT2D eigenvalue weighted by atomic mass is 9.74. The van der Waals surface area contributed by atoms with Gasteiger partial charge in [-0.05, 0) is 43.1 Å². The summed E-state index contributed by atoms with van der Waals surface area (Å²) in [5.74, 6) is 2.17. The molecule has 0 N–H and O–H groups in total. The van der Waals surface area contributed by atoms with E-state index in [1.54, 1.807) is 0 Å². The number of benzene rings is 1. The van der Waals surface area contributed by atoms with E-state index in [-0.39, 0.29) is 0 Å². The lowest BCUT2D eigenvalue weighted by Crippen LogP contribution is -2.22. The van der Waals surface area contributed by atoms with Crippen LogP contribution in [0.3, 0.4) is 0 Å². The third kappa shape index (κ3) is 8.86. The number of hydrogen-bond acceptors (Lipinski definition) is 2. The van der Waals surface area contributed by atoms with Gasteiger partial charge in [0.05, 0.1) is 0 Å². The lowest BCUT2D eigenvalue weighted by molar-refractivity contribution is -0.122. The maximum Gasteiger partial charge on any atom is 0.133 e. The Morgan fingerprint density at radius 3 is 2.22 bits per heavy atom. The van der Waals surface area contributed by atoms with Crippen LogP contribution in [-0.2, 0) is 16.0 Å². The summed E-state index contributed by atoms with van der Waals surface area (Å²) >= 11 is 0. The molecule has 2 heteroatoms. The largest absolute Gasteiger partial charge is 0.300 e. The van der Waals surface area contributed by atoms with Crippen LogP contribution in [-0.4, -0.2) is 11.6 Å². The van der Waals surface area contributed by atoms with Gasteiger partial charge in [0.25, 0.3) is 0 Å². The fourth-order valence-electron chi connectivity index (χ4n) is 4.49. The van der Waals surface area contributed by atoms with Gasteiger partial charge in [-0.3, -0.25) is 9.59 Å². The summed E-state index contributed by atoms with van der Waals surface area (Å²) in [4.78, 5) is 24.4. The van der Waals surface area contributed by atoms with E-state index in [4.69, 9.17) is 0 Å². The first-order valence-corrected chi connectivity index (χ1v) is 11.3. The molecule has 0 saturated heterocycles. The molecule has 1 aliphatic carbocycles. The van der Waals surface area contributed by atoms with Crippen molar-refractivity contribution in [2.24, 2.45) is 11.8 Å². The van der Waals surface area contributed by atoms with Gasteiger partial charge in [0.1, 0.15) is 11.6 Å². The third-order valence-electron chi connectivity index (χ3n) is 6.18. The van der Waals surface area contributed by atoms with Crippen molar-refractivity contribution in [2.75, 3.05) is 0 Å². The third-order valence-corrected chi connectivity index (χ3v) is 6.18. The number of hydrogen-bond donors (Lipinski definition) is 0. The molecule has 27 heavy (non-hydrogen) atoms. The van der Waals surface area contributed by atoms with E-state index >= 15 is 0 Å². The van der Waals surface area contributed by atoms with Crippen molar-refractivity contribution in [1.29, 1.82) is 0 Å². The fraction of sp³-hybridized carbons (Fsp3) is 0.680. The van der Waals surface area contributed by atoms with E-state index in [2.05, 4.69) is 19.1 Å². The molecule has 0 heterocycles. The van der Waals surface area contributed by atoms with Crippen LogP contribution in [0.4, 0.5) is 0 Å². The smallest absolute Gasteiger partial charge is 0.133 e. The van der Waals surface area contributed by atoms with Crippen LogP contribution in [0.2, 0.25) is 0 Å². The van der Waals surface area contributed by atoms with Gasteiger partial charge in [0.2, 0.25) is 0 Å². The zero-order valence-corrected chi connectivity index (χ0v) is 17.3. The van der Waals surface area contributed by atoms with E-state index in [1.807, 2.05) is 18.2 Å². The molecule has 1 fully saturated rings. The van der Waals surface area contributed by atoms with Crippen molar-refractivity contribution in [3.05, 3.63) is 35.9 Å². The number of Topliss-reactive ketones (excluding diaryl/α,β-unsaturated/α-hetero) is 2. The molecule has 2 rings (SSSR count). The molecule has 0 aliphatic heterocycles. The first-order chi connectivity index (χ1) is 13.2. The topological polar surface area (TPSA) is 34.1 Å². The van der Waals surface area contributed by atoms with Crippen molar-refractivity contribution in [3.63, 3.8) is 0 Å². The summed E-state index contributed by atoms with van der Waals surface area (Å²) in [6, 6.07) is 10.2. The highest BCUT2D eigenvalue weighted by Crippen LogP contribution is 2.36. The Morgan fingerprint density at radius 2 is 1.52 bits per heavy atom. The number of ketones is 2. The second-order valence-electron chi connectivity index (χ2n) is 8.42. The highest BCUT2D eigenvalue weighted by Gasteiger charge is 2.26. The van der Waals surface area contributed by atoms with Gasteiger partial charge in [-0.25, -0.2) is 0 Å². The summed E-state index contributed by atoms with van der Waals surface area (Å²) in [6.07, 6.45) is 14.4. The van der Waals surface area contributed by atoms with Gasteiger partial charge >= 0.3 is 0 Å². The van der Waals surface area contributed by atoms with Crippen molar-refractivity contribution in [1.82, 2.24) is 0 Å². The van der Waals surface area contributed by atoms with Gasteiger partial charge < -0.3 is 0 Å². The molecule has 2 unspecified atom stereocenters. The minimum absolute atomic E-state index is 0.332. The fourth-order valence-corrected chi connectivity index (χ4v) is 4.49. The summed E-state index contributed by atoms with van der Waals surface area (Å²) in [5, 5.41) is 0. The zero-order valence-electron chi connectivity index (χ0n) is 17.3. The Balaban J connectivity index is 1.57. The maximum atomic E-state index is 12.4. The molecular formula is C25H38O2. The summed E-state index contributed by atoms with van der Waals surface area (Å²) in [7, 11) is 0. The van der Waals surface area contributed by atoms with Crippen LogP contribution in [0, 0.1) is 11.8 Å². The predicted molar refractivity (Wildman–Crippen MR) is 113 cm³/mol. The van der Waals surface area contributed by atoms with Gasteiger partial charge in [0, 0.05) is 25.7 Å². The van der Waals surface area contributed by atoms with Crippen molar-refractivity contribution in [3.8, 4) is 0 Å². The van der Waals surface area contributed by atoms with E-state index in [9.17, 15) is 9.59 Å². The highest BCUT2D eigenvalue weighted by atomic mass is 16.1. The molecule has 0 aromatic heterocycles. The Labute approximate surface area is 166 Å². The summed E-state index contributed by atoms with van der Waals surface area (Å²) in [6.45, 7) is 2.25. The molecule has 0 bridgehead atoms. The molecule has 2 atom stereocenters. The highest BCUT2D eigenvalue weighted by molar-refractivity contribution is 5.79. The number of aryl methyl sites for hydroxylation is 1. The Kier molecular flexibility index (Phi) is 10.4. The zero-order chi connectivity index (χ0) is 19.3. The van der Waals surface area contributed by atoms with Crippen molar-refractivity contribution in [2.45, 2.75) is 96.8 Å². The Morgan fingerprint density at radius 1 is 0.852 bits per heavy atom. The molecule has 0 spiro atoms. The molecule has 0 amide bonds. The number of carbonyl (C=O) groups is 2. The molecule has 2 nitrogen and oxygen atoms in total. The molecule has 1 aromatic carbocycles. The monoisotopic (exact) mass is 370 g/mol. The molecule has 150 valence electrons. The molecule has 1 aliphatic rings. The minimum Gasteiger partial charge on any atom is -0.300 e. The van der Waals surface area contributed by atoms with Gasteiger partial charge in [-0.1, -0.05) is 75.8 Å². The number of carbonyl (C=O) groups excluding carboxylic acids is 2. The molecule has 0 radical (unpaired) electrons. The summed E-state index contributed by atoms with van der Waals surface area (Å²) in [5.41, 5.74) is 1.23. The van der Waals surface area contributed by atoms with Crippen LogP contribution in [0.25, 0.3) is 0 Å². The van der Waals surface area contributed by atoms with Crippen molar-refractivity contribution < 1.29 is 9.59 Å². The quantitative estimate of drug-likeness (QED) is 0.362. The van der Waals surface area contributed by atoms with Gasteiger partial charge in [-0.2, -0.15) is 0 Å². The Bertz CT molecular complexity index is 549. The van der Waals surface area contributed by atoms with Crippen LogP contribution in [0.5, 0.6) is 0 Å². The Hall–Kier alpha value is -1.44. The van der Waals surface area contributed by atoms with E-state index in [0.717, 1.165) is 31.6 Å². The van der Waals surface area contributed by atoms with Crippen LogP contribution < -0.4 is 0 Å². The average molecular weight is 371 g/mol. The molecule has 1 saturated carbocycles. The summed E-state index contributed by atoms with van der Waals surface area (Å²) < 4.78 is 0. The second-order valence-corrected chi connectivity index (χ2v) is 8.42. The normalized spacial score (nSPS) is 19.7. The lowest BCUT2D eigenvalue weighted by Gasteiger charge is -2.31. The van der Waals surface area contributed by atoms with E-state index in [0.29, 0.717) is 36.7 Å². The number of unbranched alkanes of at least 4 members (excludes halogenated alkanes) is 2. The maximum absolute atomic E-state index is 12.4. The minimum atomic E-state index is 0.332. The number of rotatable bonds is 13. The standard InChI is InChI=1S/C25H38O2/c1-2-3-13-22-14-7-8-15-23(22)20-25(27)17-10-9-16-24(26)19-18-21-11-5-4-6-12-21/h4-6,11-12,22-23H,2-3,7-10,13-20H2,1H3. The SMILES string of the molecule is CCCCC1CCCCC1CC(=O)CCCCC(=O)CCc1ccccc1. The van der Waals surface area contributed by atoms with Gasteiger partial charge in [-0.15, -0.1) is 0 Å². The first kappa shape index (κ1) is 21.9. The molecular weight excluding hydrogens is 332 g/mol. The van der Waals surface area contributed by atoms with Crippen LogP contribution in [0.15, 0.2) is 30.3 Å². The van der Waals surface area contributed by atoms with Gasteiger partial charge in [0.15, 0.2) is 0 Å².